The summed E-state index contributed by atoms with van der Waals surface area (Å²) in [6.45, 7) is 1.36. The average Bonchev–Trinajstić information content (AvgIpc) is 2.14. The lowest BCUT2D eigenvalue weighted by molar-refractivity contribution is -0.137. The molecule has 0 atom stereocenters. The highest BCUT2D eigenvalue weighted by molar-refractivity contribution is 5.80. The number of carbonyl (C=O) groups excluding carboxylic acids is 1. The van der Waals surface area contributed by atoms with Gasteiger partial charge in [0.2, 0.25) is 0 Å². The van der Waals surface area contributed by atoms with Crippen LogP contribution in [0.2, 0.25) is 0 Å². The lowest BCUT2D eigenvalue weighted by Crippen LogP contribution is -2.14. The zero-order chi connectivity index (χ0) is 13.2. The second-order valence-corrected chi connectivity index (χ2v) is 4.11. The average molecular weight is 245 g/mol. The van der Waals surface area contributed by atoms with E-state index in [0.29, 0.717) is 11.3 Å². The van der Waals surface area contributed by atoms with Crippen LogP contribution in [0.5, 0.6) is 0 Å². The summed E-state index contributed by atoms with van der Waals surface area (Å²) in [6.07, 6.45) is -4.37. The number of rotatable bonds is 3. The van der Waals surface area contributed by atoms with Gasteiger partial charge >= 0.3 is 6.18 Å². The molecule has 0 saturated carbocycles. The molecule has 5 heteroatoms. The molecule has 0 bridgehead atoms. The third kappa shape index (κ3) is 3.47. The van der Waals surface area contributed by atoms with Gasteiger partial charge in [0.25, 0.3) is 0 Å². The van der Waals surface area contributed by atoms with Crippen molar-refractivity contribution < 1.29 is 18.0 Å². The fourth-order valence-electron chi connectivity index (χ4n) is 1.61. The maximum absolute atomic E-state index is 12.5. The highest BCUT2D eigenvalue weighted by atomic mass is 19.4. The van der Waals surface area contributed by atoms with Crippen LogP contribution in [0.25, 0.3) is 0 Å². The van der Waals surface area contributed by atoms with E-state index in [9.17, 15) is 18.0 Å². The van der Waals surface area contributed by atoms with Gasteiger partial charge in [-0.15, -0.1) is 0 Å². The van der Waals surface area contributed by atoms with Gasteiger partial charge in [-0.25, -0.2) is 0 Å². The third-order valence-electron chi connectivity index (χ3n) is 2.33. The van der Waals surface area contributed by atoms with Crippen molar-refractivity contribution >= 4 is 11.5 Å². The van der Waals surface area contributed by atoms with Crippen molar-refractivity contribution in [3.05, 3.63) is 29.3 Å². The van der Waals surface area contributed by atoms with Gasteiger partial charge in [-0.3, -0.25) is 4.79 Å². The number of anilines is 1. The molecule has 0 heterocycles. The van der Waals surface area contributed by atoms with Crippen molar-refractivity contribution in [2.45, 2.75) is 19.5 Å². The molecule has 0 aliphatic rings. The van der Waals surface area contributed by atoms with Crippen LogP contribution in [0.3, 0.4) is 0 Å². The van der Waals surface area contributed by atoms with E-state index < -0.39 is 11.7 Å². The number of nitrogens with zero attached hydrogens (tertiary/aromatic N) is 1. The van der Waals surface area contributed by atoms with Crippen LogP contribution in [0.15, 0.2) is 18.2 Å². The molecule has 0 amide bonds. The Morgan fingerprint density at radius 1 is 1.29 bits per heavy atom. The summed E-state index contributed by atoms with van der Waals surface area (Å²) in [6, 6.07) is 3.46. The first-order chi connectivity index (χ1) is 7.71. The lowest BCUT2D eigenvalue weighted by atomic mass is 10.0. The van der Waals surface area contributed by atoms with Crippen molar-refractivity contribution in [3.8, 4) is 0 Å². The monoisotopic (exact) mass is 245 g/mol. The molecule has 1 rings (SSSR count). The number of Topliss-reactive ketones (excluding diaryl/α,β-unsaturated/α-hetero) is 1. The van der Waals surface area contributed by atoms with Gasteiger partial charge in [0, 0.05) is 26.2 Å². The SMILES string of the molecule is CC(=O)Cc1cc(C(F)(F)F)ccc1N(C)C. The van der Waals surface area contributed by atoms with E-state index in [1.807, 2.05) is 0 Å². The molecule has 0 unspecified atom stereocenters. The van der Waals surface area contributed by atoms with Gasteiger partial charge < -0.3 is 4.90 Å². The molecule has 0 spiro atoms. The van der Waals surface area contributed by atoms with E-state index in [1.165, 1.54) is 13.0 Å². The Morgan fingerprint density at radius 2 is 1.88 bits per heavy atom. The summed E-state index contributed by atoms with van der Waals surface area (Å²) < 4.78 is 37.6. The highest BCUT2D eigenvalue weighted by Crippen LogP contribution is 2.32. The molecule has 0 aliphatic heterocycles. The van der Waals surface area contributed by atoms with Crippen LogP contribution in [-0.2, 0) is 17.4 Å². The summed E-state index contributed by atoms with van der Waals surface area (Å²) in [4.78, 5) is 12.7. The van der Waals surface area contributed by atoms with Gasteiger partial charge in [0.15, 0.2) is 0 Å². The van der Waals surface area contributed by atoms with E-state index in [1.54, 1.807) is 19.0 Å². The van der Waals surface area contributed by atoms with Gasteiger partial charge in [0.1, 0.15) is 5.78 Å². The van der Waals surface area contributed by atoms with E-state index in [2.05, 4.69) is 0 Å². The Balaban J connectivity index is 3.24. The van der Waals surface area contributed by atoms with Gasteiger partial charge in [-0.05, 0) is 30.7 Å². The van der Waals surface area contributed by atoms with Crippen molar-refractivity contribution in [2.24, 2.45) is 0 Å². The van der Waals surface area contributed by atoms with Crippen molar-refractivity contribution in [3.63, 3.8) is 0 Å². The minimum absolute atomic E-state index is 0.0113. The Kier molecular flexibility index (Phi) is 3.80. The predicted molar refractivity (Wildman–Crippen MR) is 60.2 cm³/mol. The van der Waals surface area contributed by atoms with Crippen LogP contribution < -0.4 is 4.90 Å². The van der Waals surface area contributed by atoms with Crippen LogP contribution in [0.4, 0.5) is 18.9 Å². The van der Waals surface area contributed by atoms with Crippen molar-refractivity contribution in [2.75, 3.05) is 19.0 Å². The van der Waals surface area contributed by atoms with Gasteiger partial charge in [0.05, 0.1) is 5.56 Å². The molecular formula is C12H14F3NO. The fourth-order valence-corrected chi connectivity index (χ4v) is 1.61. The molecule has 94 valence electrons. The second kappa shape index (κ2) is 4.77. The molecule has 1 aromatic rings. The Labute approximate surface area is 98.0 Å². The molecule has 0 saturated heterocycles. The zero-order valence-corrected chi connectivity index (χ0v) is 9.93. The van der Waals surface area contributed by atoms with E-state index in [0.717, 1.165) is 12.1 Å². The minimum atomic E-state index is -4.38. The summed E-state index contributed by atoms with van der Waals surface area (Å²) in [5, 5.41) is 0. The molecule has 0 radical (unpaired) electrons. The first-order valence-electron chi connectivity index (χ1n) is 5.08. The maximum Gasteiger partial charge on any atom is 0.416 e. The number of hydrogen-bond acceptors (Lipinski definition) is 2. The summed E-state index contributed by atoms with van der Waals surface area (Å²) in [5.74, 6) is -0.160. The molecule has 0 fully saturated rings. The standard InChI is InChI=1S/C12H14F3NO/c1-8(17)6-9-7-10(12(13,14)15)4-5-11(9)16(2)3/h4-5,7H,6H2,1-3H3. The van der Waals surface area contributed by atoms with E-state index in [4.69, 9.17) is 0 Å². The second-order valence-electron chi connectivity index (χ2n) is 4.11. The summed E-state index contributed by atoms with van der Waals surface area (Å²) >= 11 is 0. The number of halogens is 3. The number of alkyl halides is 3. The van der Waals surface area contributed by atoms with E-state index in [-0.39, 0.29) is 12.2 Å². The maximum atomic E-state index is 12.5. The largest absolute Gasteiger partial charge is 0.416 e. The zero-order valence-electron chi connectivity index (χ0n) is 9.93. The first-order valence-corrected chi connectivity index (χ1v) is 5.08. The fraction of sp³-hybridized carbons (Fsp3) is 0.417. The van der Waals surface area contributed by atoms with Gasteiger partial charge in [-0.2, -0.15) is 13.2 Å². The molecule has 1 aromatic carbocycles. The smallest absolute Gasteiger partial charge is 0.377 e. The van der Waals surface area contributed by atoms with Crippen molar-refractivity contribution in [1.82, 2.24) is 0 Å². The quantitative estimate of drug-likeness (QED) is 0.816. The van der Waals surface area contributed by atoms with Crippen molar-refractivity contribution in [1.29, 1.82) is 0 Å². The molecular weight excluding hydrogens is 231 g/mol. The number of carbonyl (C=O) groups is 1. The minimum Gasteiger partial charge on any atom is -0.377 e. The lowest BCUT2D eigenvalue weighted by Gasteiger charge is -2.18. The van der Waals surface area contributed by atoms with Crippen LogP contribution in [-0.4, -0.2) is 19.9 Å². The Morgan fingerprint density at radius 3 is 2.29 bits per heavy atom. The van der Waals surface area contributed by atoms with Crippen LogP contribution >= 0.6 is 0 Å². The molecule has 0 aromatic heterocycles. The first kappa shape index (κ1) is 13.5. The number of ketones is 1. The summed E-state index contributed by atoms with van der Waals surface area (Å²) in [7, 11) is 3.46. The third-order valence-corrected chi connectivity index (χ3v) is 2.33. The van der Waals surface area contributed by atoms with E-state index >= 15 is 0 Å². The summed E-state index contributed by atoms with van der Waals surface area (Å²) in [5.41, 5.74) is 0.310. The molecule has 0 aliphatic carbocycles. The molecule has 17 heavy (non-hydrogen) atoms. The topological polar surface area (TPSA) is 20.3 Å². The number of benzene rings is 1. The Bertz CT molecular complexity index is 424. The number of hydrogen-bond donors (Lipinski definition) is 0. The molecule has 0 N–H and O–H groups in total. The molecule has 2 nitrogen and oxygen atoms in total. The van der Waals surface area contributed by atoms with Crippen LogP contribution in [0.1, 0.15) is 18.1 Å². The predicted octanol–water partition coefficient (Wildman–Crippen LogP) is 2.90. The van der Waals surface area contributed by atoms with Gasteiger partial charge in [-0.1, -0.05) is 0 Å². The highest BCUT2D eigenvalue weighted by Gasteiger charge is 2.31. The normalized spacial score (nSPS) is 11.4. The Hall–Kier alpha value is -1.52. The van der Waals surface area contributed by atoms with Crippen LogP contribution in [0, 0.1) is 0 Å².